The molecule has 0 aliphatic carbocycles. The number of aromatic nitrogens is 1. The fraction of sp³-hybridized carbons (Fsp3) is 0. The lowest BCUT2D eigenvalue weighted by molar-refractivity contribution is 0.100. The maximum atomic E-state index is 10.9. The minimum atomic E-state index is -0.404. The van der Waals surface area contributed by atoms with Crippen LogP contribution in [-0.4, -0.2) is 10.5 Å². The standard InChI is InChI=1S/C11H10N2O/c12-11(14)9-4-3-5-10(8-9)13-6-1-2-7-13/h1-8H,(H2,12,14). The monoisotopic (exact) mass is 186 g/mol. The van der Waals surface area contributed by atoms with Crippen LogP contribution in [0.25, 0.3) is 5.69 Å². The van der Waals surface area contributed by atoms with Crippen LogP contribution in [0, 0.1) is 0 Å². The summed E-state index contributed by atoms with van der Waals surface area (Å²) in [6.07, 6.45) is 3.83. The third kappa shape index (κ3) is 1.52. The van der Waals surface area contributed by atoms with Gasteiger partial charge in [-0.05, 0) is 30.3 Å². The number of hydrogen-bond acceptors (Lipinski definition) is 1. The van der Waals surface area contributed by atoms with Crippen molar-refractivity contribution in [2.75, 3.05) is 0 Å². The van der Waals surface area contributed by atoms with Gasteiger partial charge in [0.25, 0.3) is 0 Å². The number of nitrogens with zero attached hydrogens (tertiary/aromatic N) is 1. The first kappa shape index (κ1) is 8.56. The Hall–Kier alpha value is -2.03. The van der Waals surface area contributed by atoms with Crippen LogP contribution in [-0.2, 0) is 0 Å². The van der Waals surface area contributed by atoms with Gasteiger partial charge in [0, 0.05) is 23.6 Å². The Morgan fingerprint density at radius 3 is 2.50 bits per heavy atom. The molecule has 0 fully saturated rings. The van der Waals surface area contributed by atoms with Crippen LogP contribution in [0.4, 0.5) is 0 Å². The van der Waals surface area contributed by atoms with Crippen LogP contribution < -0.4 is 5.73 Å². The highest BCUT2D eigenvalue weighted by Gasteiger charge is 2.01. The highest BCUT2D eigenvalue weighted by molar-refractivity contribution is 5.93. The quantitative estimate of drug-likeness (QED) is 0.760. The molecule has 1 aromatic heterocycles. The molecule has 0 bridgehead atoms. The second kappa shape index (κ2) is 3.38. The van der Waals surface area contributed by atoms with E-state index < -0.39 is 5.91 Å². The molecule has 0 atom stereocenters. The van der Waals surface area contributed by atoms with Gasteiger partial charge in [-0.15, -0.1) is 0 Å². The van der Waals surface area contributed by atoms with Crippen LogP contribution in [0.2, 0.25) is 0 Å². The van der Waals surface area contributed by atoms with Crippen LogP contribution in [0.1, 0.15) is 10.4 Å². The zero-order chi connectivity index (χ0) is 9.97. The number of carbonyl (C=O) groups is 1. The molecule has 0 saturated heterocycles. The minimum Gasteiger partial charge on any atom is -0.366 e. The lowest BCUT2D eigenvalue weighted by Gasteiger charge is -2.03. The molecule has 0 spiro atoms. The van der Waals surface area contributed by atoms with Gasteiger partial charge >= 0.3 is 0 Å². The van der Waals surface area contributed by atoms with Crippen molar-refractivity contribution in [1.29, 1.82) is 0 Å². The molecule has 0 unspecified atom stereocenters. The fourth-order valence-electron chi connectivity index (χ4n) is 1.33. The summed E-state index contributed by atoms with van der Waals surface area (Å²) in [4.78, 5) is 10.9. The van der Waals surface area contributed by atoms with Crippen LogP contribution in [0.15, 0.2) is 48.8 Å². The lowest BCUT2D eigenvalue weighted by Crippen LogP contribution is -2.11. The zero-order valence-corrected chi connectivity index (χ0v) is 7.55. The molecule has 0 aliphatic rings. The van der Waals surface area contributed by atoms with E-state index in [0.29, 0.717) is 5.56 Å². The minimum absolute atomic E-state index is 0.404. The fourth-order valence-corrected chi connectivity index (χ4v) is 1.33. The summed E-state index contributed by atoms with van der Waals surface area (Å²) in [7, 11) is 0. The second-order valence-electron chi connectivity index (χ2n) is 3.00. The summed E-state index contributed by atoms with van der Waals surface area (Å²) < 4.78 is 1.92. The number of primary amides is 1. The number of benzene rings is 1. The molecule has 1 amide bonds. The Morgan fingerprint density at radius 2 is 1.86 bits per heavy atom. The molecule has 70 valence electrons. The van der Waals surface area contributed by atoms with Crippen molar-refractivity contribution in [3.8, 4) is 5.69 Å². The van der Waals surface area contributed by atoms with Gasteiger partial charge in [-0.3, -0.25) is 4.79 Å². The van der Waals surface area contributed by atoms with Crippen molar-refractivity contribution in [2.45, 2.75) is 0 Å². The highest BCUT2D eigenvalue weighted by Crippen LogP contribution is 2.10. The summed E-state index contributed by atoms with van der Waals surface area (Å²) in [6, 6.07) is 11.1. The predicted octanol–water partition coefficient (Wildman–Crippen LogP) is 1.58. The highest BCUT2D eigenvalue weighted by atomic mass is 16.1. The number of nitrogens with two attached hydrogens (primary N) is 1. The summed E-state index contributed by atoms with van der Waals surface area (Å²) in [5.41, 5.74) is 6.65. The molecular weight excluding hydrogens is 176 g/mol. The van der Waals surface area contributed by atoms with Crippen LogP contribution >= 0.6 is 0 Å². The van der Waals surface area contributed by atoms with Gasteiger partial charge in [0.1, 0.15) is 0 Å². The molecule has 2 aromatic rings. The topological polar surface area (TPSA) is 48.0 Å². The van der Waals surface area contributed by atoms with Gasteiger partial charge < -0.3 is 10.3 Å². The Kier molecular flexibility index (Phi) is 2.07. The summed E-state index contributed by atoms with van der Waals surface area (Å²) in [6.45, 7) is 0. The van der Waals surface area contributed by atoms with Gasteiger partial charge in [-0.1, -0.05) is 6.07 Å². The molecule has 1 heterocycles. The molecule has 2 rings (SSSR count). The Labute approximate surface area is 81.8 Å². The average molecular weight is 186 g/mol. The first-order chi connectivity index (χ1) is 6.77. The molecule has 0 radical (unpaired) electrons. The van der Waals surface area contributed by atoms with E-state index in [9.17, 15) is 4.79 Å². The van der Waals surface area contributed by atoms with Crippen molar-refractivity contribution >= 4 is 5.91 Å². The van der Waals surface area contributed by atoms with Crippen molar-refractivity contribution < 1.29 is 4.79 Å². The molecule has 2 N–H and O–H groups in total. The van der Waals surface area contributed by atoms with E-state index in [-0.39, 0.29) is 0 Å². The van der Waals surface area contributed by atoms with Gasteiger partial charge in [-0.25, -0.2) is 0 Å². The molecule has 0 aliphatic heterocycles. The van der Waals surface area contributed by atoms with Gasteiger partial charge in [0.15, 0.2) is 0 Å². The molecule has 1 aromatic carbocycles. The van der Waals surface area contributed by atoms with Crippen molar-refractivity contribution in [2.24, 2.45) is 5.73 Å². The summed E-state index contributed by atoms with van der Waals surface area (Å²) >= 11 is 0. The molecule has 3 nitrogen and oxygen atoms in total. The third-order valence-electron chi connectivity index (χ3n) is 2.03. The number of hydrogen-bond donors (Lipinski definition) is 1. The largest absolute Gasteiger partial charge is 0.366 e. The van der Waals surface area contributed by atoms with E-state index in [2.05, 4.69) is 0 Å². The smallest absolute Gasteiger partial charge is 0.248 e. The molecule has 0 saturated carbocycles. The van der Waals surface area contributed by atoms with Gasteiger partial charge in [0.2, 0.25) is 5.91 Å². The maximum absolute atomic E-state index is 10.9. The predicted molar refractivity (Wildman–Crippen MR) is 54.3 cm³/mol. The molecule has 3 heteroatoms. The van der Waals surface area contributed by atoms with Crippen molar-refractivity contribution in [3.63, 3.8) is 0 Å². The maximum Gasteiger partial charge on any atom is 0.248 e. The van der Waals surface area contributed by atoms with E-state index in [1.165, 1.54) is 0 Å². The van der Waals surface area contributed by atoms with Crippen molar-refractivity contribution in [3.05, 3.63) is 54.4 Å². The van der Waals surface area contributed by atoms with E-state index in [4.69, 9.17) is 5.73 Å². The Balaban J connectivity index is 2.46. The van der Waals surface area contributed by atoms with Gasteiger partial charge in [-0.2, -0.15) is 0 Å². The van der Waals surface area contributed by atoms with Crippen LogP contribution in [0.3, 0.4) is 0 Å². The van der Waals surface area contributed by atoms with E-state index in [0.717, 1.165) is 5.69 Å². The Morgan fingerprint density at radius 1 is 1.14 bits per heavy atom. The van der Waals surface area contributed by atoms with E-state index >= 15 is 0 Å². The first-order valence-electron chi connectivity index (χ1n) is 4.30. The Bertz CT molecular complexity index is 446. The molecule has 14 heavy (non-hydrogen) atoms. The van der Waals surface area contributed by atoms with Gasteiger partial charge in [0.05, 0.1) is 0 Å². The van der Waals surface area contributed by atoms with E-state index in [1.54, 1.807) is 12.1 Å². The van der Waals surface area contributed by atoms with E-state index in [1.807, 2.05) is 41.2 Å². The number of rotatable bonds is 2. The number of carbonyl (C=O) groups excluding carboxylic acids is 1. The average Bonchev–Trinajstić information content (AvgIpc) is 2.71. The normalized spacial score (nSPS) is 10.0. The van der Waals surface area contributed by atoms with Crippen molar-refractivity contribution in [1.82, 2.24) is 4.57 Å². The van der Waals surface area contributed by atoms with Crippen LogP contribution in [0.5, 0.6) is 0 Å². The summed E-state index contributed by atoms with van der Waals surface area (Å²) in [5, 5.41) is 0. The zero-order valence-electron chi connectivity index (χ0n) is 7.55. The molecular formula is C11H10N2O. The second-order valence-corrected chi connectivity index (χ2v) is 3.00. The lowest BCUT2D eigenvalue weighted by atomic mass is 10.2. The summed E-state index contributed by atoms with van der Waals surface area (Å²) in [5.74, 6) is -0.404. The first-order valence-corrected chi connectivity index (χ1v) is 4.30. The number of amides is 1. The SMILES string of the molecule is NC(=O)c1cccc(-n2cccc2)c1. The third-order valence-corrected chi connectivity index (χ3v) is 2.03.